The fourth-order valence-corrected chi connectivity index (χ4v) is 2.47. The van der Waals surface area contributed by atoms with Crippen LogP contribution in [0.5, 0.6) is 0 Å². The number of ether oxygens (including phenoxy) is 1. The number of hydrogen-bond acceptors (Lipinski definition) is 5. The number of rotatable bonds is 3. The molecule has 1 aliphatic rings. The third kappa shape index (κ3) is 2.53. The summed E-state index contributed by atoms with van der Waals surface area (Å²) in [6.45, 7) is 5.12. The first-order chi connectivity index (χ1) is 9.28. The van der Waals surface area contributed by atoms with E-state index in [0.29, 0.717) is 13.2 Å². The predicted molar refractivity (Wildman–Crippen MR) is 73.8 cm³/mol. The van der Waals surface area contributed by atoms with E-state index in [2.05, 4.69) is 21.8 Å². The highest BCUT2D eigenvalue weighted by Gasteiger charge is 2.20. The van der Waals surface area contributed by atoms with Crippen LogP contribution in [0, 0.1) is 0 Å². The summed E-state index contributed by atoms with van der Waals surface area (Å²) >= 11 is 6.01. The summed E-state index contributed by atoms with van der Waals surface area (Å²) in [7, 11) is 0. The topological polar surface area (TPSA) is 51.4 Å². The second kappa shape index (κ2) is 5.35. The Morgan fingerprint density at radius 2 is 2.11 bits per heavy atom. The number of anilines is 1. The molecule has 1 fully saturated rings. The lowest BCUT2D eigenvalue weighted by atomic mass is 10.3. The lowest BCUT2D eigenvalue weighted by Crippen LogP contribution is -2.36. The summed E-state index contributed by atoms with van der Waals surface area (Å²) in [4.78, 5) is 10.7. The first-order valence-electron chi connectivity index (χ1n) is 6.56. The zero-order valence-corrected chi connectivity index (χ0v) is 11.6. The molecule has 102 valence electrons. The molecule has 3 heterocycles. The molecule has 0 amide bonds. The van der Waals surface area contributed by atoms with Gasteiger partial charge in [-0.3, -0.25) is 0 Å². The maximum atomic E-state index is 6.01. The van der Waals surface area contributed by atoms with Crippen LogP contribution in [0.3, 0.4) is 0 Å². The van der Waals surface area contributed by atoms with Crippen molar-refractivity contribution in [3.63, 3.8) is 0 Å². The van der Waals surface area contributed by atoms with E-state index in [1.165, 1.54) is 0 Å². The zero-order valence-electron chi connectivity index (χ0n) is 10.9. The molecule has 0 bridgehead atoms. The van der Waals surface area contributed by atoms with Crippen molar-refractivity contribution in [1.29, 1.82) is 0 Å². The van der Waals surface area contributed by atoms with Gasteiger partial charge < -0.3 is 14.1 Å². The first-order valence-corrected chi connectivity index (χ1v) is 6.94. The Balaban J connectivity index is 2.05. The van der Waals surface area contributed by atoms with E-state index >= 15 is 0 Å². The lowest BCUT2D eigenvalue weighted by Gasteiger charge is -2.27. The number of morpholine rings is 1. The van der Waals surface area contributed by atoms with E-state index in [1.807, 2.05) is 6.07 Å². The van der Waals surface area contributed by atoms with E-state index in [0.717, 1.165) is 48.6 Å². The van der Waals surface area contributed by atoms with Gasteiger partial charge in [-0.1, -0.05) is 6.92 Å². The summed E-state index contributed by atoms with van der Waals surface area (Å²) in [5.74, 6) is 1.71. The molecule has 6 heteroatoms. The number of hydrogen-bond donors (Lipinski definition) is 0. The quantitative estimate of drug-likeness (QED) is 0.810. The molecule has 0 aliphatic carbocycles. The van der Waals surface area contributed by atoms with Gasteiger partial charge in [0.25, 0.3) is 0 Å². The molecule has 2 aromatic heterocycles. The van der Waals surface area contributed by atoms with Gasteiger partial charge in [-0.05, 0) is 18.0 Å². The summed E-state index contributed by atoms with van der Waals surface area (Å²) < 4.78 is 11.2. The minimum Gasteiger partial charge on any atom is -0.455 e. The van der Waals surface area contributed by atoms with Gasteiger partial charge in [0.05, 0.1) is 13.2 Å². The molecule has 3 rings (SSSR count). The van der Waals surface area contributed by atoms with Crippen molar-refractivity contribution < 1.29 is 9.15 Å². The van der Waals surface area contributed by atoms with E-state index in [4.69, 9.17) is 20.8 Å². The van der Waals surface area contributed by atoms with Crippen LogP contribution in [0.4, 0.5) is 5.82 Å². The molecule has 0 atom stereocenters. The molecule has 1 saturated heterocycles. The summed E-state index contributed by atoms with van der Waals surface area (Å²) in [6.07, 6.45) is 1.93. The smallest absolute Gasteiger partial charge is 0.225 e. The van der Waals surface area contributed by atoms with Gasteiger partial charge in [0.1, 0.15) is 11.3 Å². The average Bonchev–Trinajstić information content (AvgIpc) is 2.81. The van der Waals surface area contributed by atoms with Crippen molar-refractivity contribution in [2.75, 3.05) is 31.2 Å². The third-order valence-electron chi connectivity index (χ3n) is 3.18. The van der Waals surface area contributed by atoms with Gasteiger partial charge in [-0.25, -0.2) is 4.98 Å². The number of furan rings is 1. The maximum Gasteiger partial charge on any atom is 0.225 e. The third-order valence-corrected chi connectivity index (χ3v) is 3.35. The molecule has 0 aromatic carbocycles. The largest absolute Gasteiger partial charge is 0.455 e. The molecule has 2 aromatic rings. The Morgan fingerprint density at radius 1 is 1.32 bits per heavy atom. The van der Waals surface area contributed by atoms with Gasteiger partial charge in [-0.15, -0.1) is 0 Å². The molecule has 0 N–H and O–H groups in total. The van der Waals surface area contributed by atoms with Crippen LogP contribution in [0.15, 0.2) is 10.5 Å². The fraction of sp³-hybridized carbons (Fsp3) is 0.538. The number of halogens is 1. The summed E-state index contributed by atoms with van der Waals surface area (Å²) in [6, 6.07) is 1.95. The van der Waals surface area contributed by atoms with Crippen molar-refractivity contribution in [3.05, 3.63) is 17.1 Å². The normalized spacial score (nSPS) is 16.2. The average molecular weight is 282 g/mol. The second-order valence-electron chi connectivity index (χ2n) is 4.59. The van der Waals surface area contributed by atoms with E-state index < -0.39 is 0 Å². The summed E-state index contributed by atoms with van der Waals surface area (Å²) in [5, 5.41) is 0.262. The van der Waals surface area contributed by atoms with Gasteiger partial charge >= 0.3 is 0 Å². The highest BCUT2D eigenvalue weighted by atomic mass is 35.5. The van der Waals surface area contributed by atoms with Gasteiger partial charge in [0.2, 0.25) is 5.28 Å². The highest BCUT2D eigenvalue weighted by Crippen LogP contribution is 2.29. The predicted octanol–water partition coefficient (Wildman–Crippen LogP) is 2.67. The van der Waals surface area contributed by atoms with Crippen LogP contribution < -0.4 is 4.90 Å². The molecule has 5 nitrogen and oxygen atoms in total. The molecule has 0 unspecified atom stereocenters. The van der Waals surface area contributed by atoms with Crippen LogP contribution in [-0.2, 0) is 11.2 Å². The van der Waals surface area contributed by atoms with E-state index in [1.54, 1.807) is 0 Å². The Hall–Kier alpha value is -1.33. The zero-order chi connectivity index (χ0) is 13.2. The van der Waals surface area contributed by atoms with Crippen LogP contribution >= 0.6 is 11.6 Å². The number of fused-ring (bicyclic) bond motifs is 1. The molecular formula is C13H16ClN3O2. The fourth-order valence-electron chi connectivity index (χ4n) is 2.30. The Labute approximate surface area is 116 Å². The lowest BCUT2D eigenvalue weighted by molar-refractivity contribution is 0.122. The van der Waals surface area contributed by atoms with Crippen molar-refractivity contribution >= 4 is 28.5 Å². The Kier molecular flexibility index (Phi) is 3.57. The monoisotopic (exact) mass is 281 g/mol. The van der Waals surface area contributed by atoms with Crippen LogP contribution in [-0.4, -0.2) is 36.3 Å². The summed E-state index contributed by atoms with van der Waals surface area (Å²) in [5.41, 5.74) is 1.51. The van der Waals surface area contributed by atoms with Gasteiger partial charge in [-0.2, -0.15) is 4.98 Å². The Bertz CT molecular complexity index is 579. The van der Waals surface area contributed by atoms with Gasteiger partial charge in [0, 0.05) is 25.6 Å². The minimum absolute atomic E-state index is 0.262. The van der Waals surface area contributed by atoms with Gasteiger partial charge in [0.15, 0.2) is 11.4 Å². The highest BCUT2D eigenvalue weighted by molar-refractivity contribution is 6.28. The van der Waals surface area contributed by atoms with Crippen molar-refractivity contribution in [1.82, 2.24) is 9.97 Å². The number of aromatic nitrogens is 2. The van der Waals surface area contributed by atoms with Crippen LogP contribution in [0.2, 0.25) is 5.28 Å². The van der Waals surface area contributed by atoms with Crippen molar-refractivity contribution in [2.24, 2.45) is 0 Å². The molecule has 0 spiro atoms. The van der Waals surface area contributed by atoms with Crippen molar-refractivity contribution in [2.45, 2.75) is 19.8 Å². The van der Waals surface area contributed by atoms with E-state index in [-0.39, 0.29) is 5.28 Å². The molecular weight excluding hydrogens is 266 g/mol. The van der Waals surface area contributed by atoms with Crippen molar-refractivity contribution in [3.8, 4) is 0 Å². The first kappa shape index (κ1) is 12.7. The maximum absolute atomic E-state index is 6.01. The molecule has 19 heavy (non-hydrogen) atoms. The SMILES string of the molecule is CCCc1cc2nc(Cl)nc(N3CCOCC3)c2o1. The number of nitrogens with zero attached hydrogens (tertiary/aromatic N) is 3. The van der Waals surface area contributed by atoms with Crippen LogP contribution in [0.25, 0.3) is 11.1 Å². The van der Waals surface area contributed by atoms with E-state index in [9.17, 15) is 0 Å². The minimum atomic E-state index is 0.262. The Morgan fingerprint density at radius 3 is 2.84 bits per heavy atom. The standard InChI is InChI=1S/C13H16ClN3O2/c1-2-3-9-8-10-11(19-9)12(16-13(14)15-10)17-4-6-18-7-5-17/h8H,2-7H2,1H3. The van der Waals surface area contributed by atoms with Crippen LogP contribution in [0.1, 0.15) is 19.1 Å². The second-order valence-corrected chi connectivity index (χ2v) is 4.93. The molecule has 1 aliphatic heterocycles. The molecule has 0 radical (unpaired) electrons. The number of aryl methyl sites for hydroxylation is 1. The molecule has 0 saturated carbocycles.